The minimum absolute atomic E-state index is 0.0100. The van der Waals surface area contributed by atoms with Crippen molar-refractivity contribution in [3.8, 4) is 5.75 Å². The number of carbonyl (C=O) groups excluding carboxylic acids is 1. The van der Waals surface area contributed by atoms with Crippen LogP contribution in [0.5, 0.6) is 5.75 Å². The molecule has 0 saturated carbocycles. The largest absolute Gasteiger partial charge is 0.507 e. The summed E-state index contributed by atoms with van der Waals surface area (Å²) in [4.78, 5) is 18.9. The Hall–Kier alpha value is -3.38. The predicted molar refractivity (Wildman–Crippen MR) is 155 cm³/mol. The van der Waals surface area contributed by atoms with Gasteiger partial charge in [-0.25, -0.2) is 0 Å². The van der Waals surface area contributed by atoms with Gasteiger partial charge in [-0.15, -0.1) is 11.8 Å². The Morgan fingerprint density at radius 2 is 1.11 bits per heavy atom. The van der Waals surface area contributed by atoms with Crippen LogP contribution in [0.4, 0.5) is 0 Å². The first-order valence-corrected chi connectivity index (χ1v) is 14.4. The van der Waals surface area contributed by atoms with Gasteiger partial charge in [-0.2, -0.15) is 0 Å². The quantitative estimate of drug-likeness (QED) is 0.150. The number of rotatable bonds is 9. The molecule has 0 aliphatic heterocycles. The van der Waals surface area contributed by atoms with E-state index in [4.69, 9.17) is 0 Å². The second-order valence-electron chi connectivity index (χ2n) is 8.27. The Kier molecular flexibility index (Phi) is 8.36. The Bertz CT molecular complexity index is 1490. The van der Waals surface area contributed by atoms with E-state index in [-0.39, 0.29) is 11.5 Å². The van der Waals surface area contributed by atoms with Crippen molar-refractivity contribution in [1.29, 1.82) is 0 Å². The number of phenolic OH excluding ortho intramolecular Hbond substituents is 1. The summed E-state index contributed by atoms with van der Waals surface area (Å²) in [6.07, 6.45) is 0. The zero-order chi connectivity index (χ0) is 25.5. The lowest BCUT2D eigenvalue weighted by atomic mass is 10.0. The molecule has 0 spiro atoms. The Labute approximate surface area is 230 Å². The minimum Gasteiger partial charge on any atom is -0.507 e. The molecule has 0 saturated heterocycles. The van der Waals surface area contributed by atoms with Gasteiger partial charge in [-0.3, -0.25) is 4.79 Å². The second-order valence-corrected chi connectivity index (χ2v) is 11.6. The van der Waals surface area contributed by atoms with E-state index < -0.39 is 0 Å². The van der Waals surface area contributed by atoms with Crippen molar-refractivity contribution in [2.45, 2.75) is 30.2 Å². The van der Waals surface area contributed by atoms with E-state index in [0.29, 0.717) is 11.1 Å². The Morgan fingerprint density at radius 3 is 1.73 bits per heavy atom. The smallest absolute Gasteiger partial charge is 0.197 e. The molecule has 0 radical (unpaired) electrons. The number of phenols is 1. The number of hydrogen-bond donors (Lipinski definition) is 1. The molecule has 5 rings (SSSR count). The molecule has 0 heterocycles. The fourth-order valence-corrected chi connectivity index (χ4v) is 6.64. The van der Waals surface area contributed by atoms with E-state index in [1.54, 1.807) is 47.4 Å². The number of ketones is 1. The third-order valence-corrected chi connectivity index (χ3v) is 8.73. The number of aromatic hydroxyl groups is 1. The Balaban J connectivity index is 1.46. The summed E-state index contributed by atoms with van der Waals surface area (Å²) in [6, 6.07) is 41.6. The highest BCUT2D eigenvalue weighted by atomic mass is 32.2. The van der Waals surface area contributed by atoms with Crippen molar-refractivity contribution in [3.63, 3.8) is 0 Å². The van der Waals surface area contributed by atoms with Crippen LogP contribution in [0.15, 0.2) is 152 Å². The first-order chi connectivity index (χ1) is 18.2. The molecule has 37 heavy (non-hydrogen) atoms. The molecule has 0 fully saturated rings. The highest BCUT2D eigenvalue weighted by molar-refractivity contribution is 8.00. The summed E-state index contributed by atoms with van der Waals surface area (Å²) < 4.78 is 0. The number of hydrogen-bond acceptors (Lipinski definition) is 5. The minimum atomic E-state index is -0.181. The van der Waals surface area contributed by atoms with Crippen molar-refractivity contribution < 1.29 is 9.90 Å². The third kappa shape index (κ3) is 6.69. The van der Waals surface area contributed by atoms with Crippen LogP contribution in [0.25, 0.3) is 0 Å². The third-order valence-electron chi connectivity index (χ3n) is 5.61. The van der Waals surface area contributed by atoms with Crippen molar-refractivity contribution in [2.75, 3.05) is 0 Å². The van der Waals surface area contributed by atoms with Crippen LogP contribution in [0.1, 0.15) is 21.5 Å². The summed E-state index contributed by atoms with van der Waals surface area (Å²) in [5.74, 6) is 0.556. The Morgan fingerprint density at radius 1 is 0.568 bits per heavy atom. The number of carbonyl (C=O) groups is 1. The van der Waals surface area contributed by atoms with E-state index in [1.165, 1.54) is 5.56 Å². The lowest BCUT2D eigenvalue weighted by Gasteiger charge is -2.13. The summed E-state index contributed by atoms with van der Waals surface area (Å²) in [6.45, 7) is 0. The molecule has 0 aliphatic rings. The van der Waals surface area contributed by atoms with Crippen LogP contribution in [0.3, 0.4) is 0 Å². The molecule has 0 bridgehead atoms. The van der Waals surface area contributed by atoms with Crippen LogP contribution < -0.4 is 0 Å². The molecule has 0 amide bonds. The van der Waals surface area contributed by atoms with E-state index in [2.05, 4.69) is 30.3 Å². The van der Waals surface area contributed by atoms with Crippen molar-refractivity contribution in [3.05, 3.63) is 144 Å². The van der Waals surface area contributed by atoms with Gasteiger partial charge in [0, 0.05) is 35.8 Å². The topological polar surface area (TPSA) is 37.3 Å². The lowest BCUT2D eigenvalue weighted by Crippen LogP contribution is -2.04. The summed E-state index contributed by atoms with van der Waals surface area (Å²) >= 11 is 4.88. The lowest BCUT2D eigenvalue weighted by molar-refractivity contribution is 0.103. The van der Waals surface area contributed by atoms with Crippen LogP contribution in [0, 0.1) is 0 Å². The van der Waals surface area contributed by atoms with Crippen LogP contribution in [0.2, 0.25) is 0 Å². The second kappa shape index (κ2) is 12.2. The van der Waals surface area contributed by atoms with Gasteiger partial charge < -0.3 is 5.11 Å². The molecule has 5 aromatic carbocycles. The molecule has 1 N–H and O–H groups in total. The molecule has 182 valence electrons. The average Bonchev–Trinajstić information content (AvgIpc) is 2.94. The van der Waals surface area contributed by atoms with Crippen LogP contribution in [-0.2, 0) is 5.75 Å². The van der Waals surface area contributed by atoms with Gasteiger partial charge in [0.1, 0.15) is 5.75 Å². The summed E-state index contributed by atoms with van der Waals surface area (Å²) in [5.41, 5.74) is 2.09. The van der Waals surface area contributed by atoms with Crippen LogP contribution >= 0.6 is 35.3 Å². The zero-order valence-electron chi connectivity index (χ0n) is 19.9. The number of benzene rings is 5. The fourth-order valence-electron chi connectivity index (χ4n) is 3.76. The molecule has 0 atom stereocenters. The molecule has 0 aromatic heterocycles. The van der Waals surface area contributed by atoms with E-state index in [1.807, 2.05) is 84.9 Å². The van der Waals surface area contributed by atoms with Crippen LogP contribution in [-0.4, -0.2) is 10.9 Å². The van der Waals surface area contributed by atoms with Gasteiger partial charge in [-0.05, 0) is 66.2 Å². The van der Waals surface area contributed by atoms with Gasteiger partial charge in [0.15, 0.2) is 5.78 Å². The first kappa shape index (κ1) is 25.3. The van der Waals surface area contributed by atoms with Gasteiger partial charge >= 0.3 is 0 Å². The summed E-state index contributed by atoms with van der Waals surface area (Å²) in [7, 11) is 0. The highest BCUT2D eigenvalue weighted by Crippen LogP contribution is 2.37. The monoisotopic (exact) mass is 536 g/mol. The SMILES string of the molecule is O=C(c1cc(Sc2ccccc2)ccc1O)c1ccc(Sc2ccccc2)cc1SCc1ccccc1. The van der Waals surface area contributed by atoms with Gasteiger partial charge in [0.2, 0.25) is 0 Å². The van der Waals surface area contributed by atoms with E-state index in [9.17, 15) is 9.90 Å². The standard InChI is InChI=1S/C32H24O2S3/c33-30-19-17-26(36-24-12-6-2-7-13-24)20-29(30)32(34)28-18-16-27(37-25-14-8-3-9-15-25)21-31(28)35-22-23-10-4-1-5-11-23/h1-21,33H,22H2. The maximum absolute atomic E-state index is 13.8. The van der Waals surface area contributed by atoms with E-state index in [0.717, 1.165) is 30.2 Å². The van der Waals surface area contributed by atoms with Crippen molar-refractivity contribution >= 4 is 41.1 Å². The molecule has 5 aromatic rings. The van der Waals surface area contributed by atoms with Crippen molar-refractivity contribution in [1.82, 2.24) is 0 Å². The van der Waals surface area contributed by atoms with Gasteiger partial charge in [0.25, 0.3) is 0 Å². The van der Waals surface area contributed by atoms with Gasteiger partial charge in [0.05, 0.1) is 5.56 Å². The zero-order valence-corrected chi connectivity index (χ0v) is 22.4. The fraction of sp³-hybridized carbons (Fsp3) is 0.0312. The average molecular weight is 537 g/mol. The van der Waals surface area contributed by atoms with Crippen molar-refractivity contribution in [2.24, 2.45) is 0 Å². The molecule has 5 heteroatoms. The van der Waals surface area contributed by atoms with E-state index >= 15 is 0 Å². The molecular weight excluding hydrogens is 513 g/mol. The molecule has 0 aliphatic carbocycles. The summed E-state index contributed by atoms with van der Waals surface area (Å²) in [5, 5.41) is 10.6. The normalized spacial score (nSPS) is 10.8. The van der Waals surface area contributed by atoms with Gasteiger partial charge in [-0.1, -0.05) is 90.3 Å². The maximum Gasteiger partial charge on any atom is 0.197 e. The molecule has 0 unspecified atom stereocenters. The maximum atomic E-state index is 13.8. The molecular formula is C32H24O2S3. The molecule has 2 nitrogen and oxygen atoms in total. The number of thioether (sulfide) groups is 1. The predicted octanol–water partition coefficient (Wildman–Crippen LogP) is 9.22. The highest BCUT2D eigenvalue weighted by Gasteiger charge is 2.19. The first-order valence-electron chi connectivity index (χ1n) is 11.8.